The van der Waals surface area contributed by atoms with Crippen molar-refractivity contribution in [1.82, 2.24) is 0 Å². The van der Waals surface area contributed by atoms with Crippen LogP contribution in [0.4, 0.5) is 0 Å². The minimum Gasteiger partial charge on any atom is -0.368 e. The van der Waals surface area contributed by atoms with E-state index in [4.69, 9.17) is 16.3 Å². The van der Waals surface area contributed by atoms with Crippen LogP contribution in [0.3, 0.4) is 0 Å². The van der Waals surface area contributed by atoms with Gasteiger partial charge in [-0.1, -0.05) is 53.6 Å². The second-order valence-electron chi connectivity index (χ2n) is 8.09. The molecule has 3 aromatic rings. The van der Waals surface area contributed by atoms with E-state index in [1.807, 2.05) is 12.1 Å². The minimum atomic E-state index is -0.204. The summed E-state index contributed by atoms with van der Waals surface area (Å²) >= 11 is 6.14. The van der Waals surface area contributed by atoms with Gasteiger partial charge in [0.25, 0.3) is 0 Å². The largest absolute Gasteiger partial charge is 0.368 e. The molecular formula is C24H27ClO. The summed E-state index contributed by atoms with van der Waals surface area (Å²) in [5, 5.41) is 3.27. The molecule has 3 aromatic carbocycles. The molecule has 0 aliphatic carbocycles. The van der Waals surface area contributed by atoms with Crippen molar-refractivity contribution in [2.24, 2.45) is 0 Å². The van der Waals surface area contributed by atoms with Crippen molar-refractivity contribution in [1.29, 1.82) is 0 Å². The van der Waals surface area contributed by atoms with Gasteiger partial charge in [-0.15, -0.1) is 0 Å². The number of benzene rings is 3. The fourth-order valence-corrected chi connectivity index (χ4v) is 3.83. The van der Waals surface area contributed by atoms with Gasteiger partial charge in [-0.2, -0.15) is 0 Å². The summed E-state index contributed by atoms with van der Waals surface area (Å²) in [5.41, 5.74) is 5.98. The molecule has 0 fully saturated rings. The van der Waals surface area contributed by atoms with Gasteiger partial charge in [0.1, 0.15) is 0 Å². The van der Waals surface area contributed by atoms with Crippen LogP contribution in [0, 0.1) is 13.8 Å². The van der Waals surface area contributed by atoms with Crippen LogP contribution >= 0.6 is 11.6 Å². The Labute approximate surface area is 162 Å². The quantitative estimate of drug-likeness (QED) is 0.462. The third-order valence-electron chi connectivity index (χ3n) is 4.61. The second kappa shape index (κ2) is 7.06. The number of hydrogen-bond donors (Lipinski definition) is 0. The van der Waals surface area contributed by atoms with Crippen LogP contribution in [0.15, 0.2) is 48.5 Å². The molecule has 0 bridgehead atoms. The first-order chi connectivity index (χ1) is 12.2. The topological polar surface area (TPSA) is 9.23 Å². The minimum absolute atomic E-state index is 0.00871. The third kappa shape index (κ3) is 3.95. The van der Waals surface area contributed by atoms with Gasteiger partial charge in [0.15, 0.2) is 0 Å². The van der Waals surface area contributed by atoms with E-state index in [0.717, 1.165) is 5.02 Å². The highest BCUT2D eigenvalue weighted by Gasteiger charge is 2.23. The molecule has 0 heterocycles. The predicted octanol–water partition coefficient (Wildman–Crippen LogP) is 7.65. The molecule has 0 amide bonds. The monoisotopic (exact) mass is 366 g/mol. The van der Waals surface area contributed by atoms with Crippen LogP contribution in [-0.2, 0) is 4.74 Å². The predicted molar refractivity (Wildman–Crippen MR) is 113 cm³/mol. The van der Waals surface area contributed by atoms with Gasteiger partial charge < -0.3 is 4.74 Å². The van der Waals surface area contributed by atoms with Crippen molar-refractivity contribution < 1.29 is 4.74 Å². The van der Waals surface area contributed by atoms with Gasteiger partial charge in [0, 0.05) is 5.02 Å². The van der Waals surface area contributed by atoms with E-state index in [-0.39, 0.29) is 11.7 Å². The molecule has 0 saturated heterocycles. The molecule has 0 spiro atoms. The van der Waals surface area contributed by atoms with Gasteiger partial charge >= 0.3 is 0 Å². The number of hydrogen-bond acceptors (Lipinski definition) is 1. The number of ether oxygens (including phenoxy) is 1. The van der Waals surface area contributed by atoms with Gasteiger partial charge in [-0.3, -0.25) is 0 Å². The zero-order valence-electron chi connectivity index (χ0n) is 16.5. The third-order valence-corrected chi connectivity index (χ3v) is 4.87. The maximum Gasteiger partial charge on any atom is 0.0812 e. The lowest BCUT2D eigenvalue weighted by Gasteiger charge is -2.29. The van der Waals surface area contributed by atoms with E-state index >= 15 is 0 Å². The highest BCUT2D eigenvalue weighted by atomic mass is 35.5. The Morgan fingerprint density at radius 2 is 1.58 bits per heavy atom. The summed E-state index contributed by atoms with van der Waals surface area (Å²) in [6.45, 7) is 12.8. The molecule has 1 nitrogen and oxygen atoms in total. The smallest absolute Gasteiger partial charge is 0.0812 e. The highest BCUT2D eigenvalue weighted by molar-refractivity contribution is 6.30. The summed E-state index contributed by atoms with van der Waals surface area (Å²) in [6.07, 6.45) is -0.00871. The SMILES string of the molecule is Cc1ccc2cc(C)c(C(C)OC(C)(C)C)c(-c3ccc(Cl)cc3)c2c1. The van der Waals surface area contributed by atoms with Crippen molar-refractivity contribution in [3.63, 3.8) is 0 Å². The van der Waals surface area contributed by atoms with Crippen LogP contribution in [-0.4, -0.2) is 5.60 Å². The summed E-state index contributed by atoms with van der Waals surface area (Å²) in [4.78, 5) is 0. The van der Waals surface area contributed by atoms with Gasteiger partial charge in [-0.25, -0.2) is 0 Å². The Morgan fingerprint density at radius 3 is 2.19 bits per heavy atom. The van der Waals surface area contributed by atoms with Crippen LogP contribution in [0.1, 0.15) is 50.5 Å². The molecule has 0 radical (unpaired) electrons. The molecule has 1 atom stereocenters. The molecule has 26 heavy (non-hydrogen) atoms. The fourth-order valence-electron chi connectivity index (χ4n) is 3.71. The van der Waals surface area contributed by atoms with Crippen molar-refractivity contribution in [2.75, 3.05) is 0 Å². The normalized spacial score (nSPS) is 13.2. The molecule has 2 heteroatoms. The zero-order valence-corrected chi connectivity index (χ0v) is 17.2. The Balaban J connectivity index is 2.33. The Bertz CT molecular complexity index is 933. The highest BCUT2D eigenvalue weighted by Crippen LogP contribution is 2.40. The summed E-state index contributed by atoms with van der Waals surface area (Å²) in [6, 6.07) is 17.0. The number of halogens is 1. The van der Waals surface area contributed by atoms with Crippen molar-refractivity contribution in [3.05, 3.63) is 70.2 Å². The fraction of sp³-hybridized carbons (Fsp3) is 0.333. The molecule has 0 saturated carbocycles. The number of rotatable bonds is 3. The van der Waals surface area contributed by atoms with E-state index in [2.05, 4.69) is 77.9 Å². The molecule has 3 rings (SSSR count). The number of aryl methyl sites for hydroxylation is 2. The molecular weight excluding hydrogens is 340 g/mol. The Kier molecular flexibility index (Phi) is 5.14. The molecule has 136 valence electrons. The van der Waals surface area contributed by atoms with Crippen LogP contribution in [0.25, 0.3) is 21.9 Å². The molecule has 0 aliphatic rings. The van der Waals surface area contributed by atoms with E-state index in [1.165, 1.54) is 38.6 Å². The van der Waals surface area contributed by atoms with E-state index in [9.17, 15) is 0 Å². The number of fused-ring (bicyclic) bond motifs is 1. The first-order valence-corrected chi connectivity index (χ1v) is 9.51. The lowest BCUT2D eigenvalue weighted by molar-refractivity contribution is -0.0529. The van der Waals surface area contributed by atoms with Gasteiger partial charge in [0.2, 0.25) is 0 Å². The van der Waals surface area contributed by atoms with Crippen molar-refractivity contribution >= 4 is 22.4 Å². The molecule has 0 aromatic heterocycles. The first-order valence-electron chi connectivity index (χ1n) is 9.13. The molecule has 0 N–H and O–H groups in total. The average molecular weight is 367 g/mol. The van der Waals surface area contributed by atoms with Crippen molar-refractivity contribution in [3.8, 4) is 11.1 Å². The molecule has 1 unspecified atom stereocenters. The second-order valence-corrected chi connectivity index (χ2v) is 8.52. The zero-order chi connectivity index (χ0) is 19.1. The standard InChI is InChI=1S/C24H27ClO/c1-15-7-8-19-14-16(2)22(17(3)26-24(4,5)6)23(21(19)13-15)18-9-11-20(25)12-10-18/h7-14,17H,1-6H3. The lowest BCUT2D eigenvalue weighted by Crippen LogP contribution is -2.22. The van der Waals surface area contributed by atoms with E-state index in [1.54, 1.807) is 0 Å². The Morgan fingerprint density at radius 1 is 0.923 bits per heavy atom. The van der Waals surface area contributed by atoms with Gasteiger partial charge in [-0.05, 0) is 86.7 Å². The van der Waals surface area contributed by atoms with E-state index < -0.39 is 0 Å². The van der Waals surface area contributed by atoms with Crippen LogP contribution < -0.4 is 0 Å². The first kappa shape index (κ1) is 18.9. The van der Waals surface area contributed by atoms with Gasteiger partial charge in [0.05, 0.1) is 11.7 Å². The van der Waals surface area contributed by atoms with E-state index in [0.29, 0.717) is 0 Å². The Hall–Kier alpha value is -1.83. The van der Waals surface area contributed by atoms with Crippen LogP contribution in [0.5, 0.6) is 0 Å². The molecule has 0 aliphatic heterocycles. The van der Waals surface area contributed by atoms with Crippen molar-refractivity contribution in [2.45, 2.75) is 53.2 Å². The summed E-state index contributed by atoms with van der Waals surface area (Å²) in [5.74, 6) is 0. The maximum atomic E-state index is 6.34. The summed E-state index contributed by atoms with van der Waals surface area (Å²) < 4.78 is 6.34. The summed E-state index contributed by atoms with van der Waals surface area (Å²) in [7, 11) is 0. The maximum absolute atomic E-state index is 6.34. The van der Waals surface area contributed by atoms with Crippen LogP contribution in [0.2, 0.25) is 5.02 Å². The lowest BCUT2D eigenvalue weighted by atomic mass is 9.87. The average Bonchev–Trinajstić information content (AvgIpc) is 2.53.